The molecule has 0 radical (unpaired) electrons. The predicted octanol–water partition coefficient (Wildman–Crippen LogP) is 4.88. The van der Waals surface area contributed by atoms with Crippen molar-refractivity contribution in [1.82, 2.24) is 9.80 Å². The Morgan fingerprint density at radius 3 is 2.46 bits per heavy atom. The van der Waals surface area contributed by atoms with Gasteiger partial charge in [0.25, 0.3) is 11.8 Å². The van der Waals surface area contributed by atoms with Crippen molar-refractivity contribution in [2.45, 2.75) is 43.4 Å². The third-order valence-electron chi connectivity index (χ3n) is 7.75. The van der Waals surface area contributed by atoms with E-state index in [1.807, 2.05) is 4.90 Å². The topological polar surface area (TPSA) is 83.7 Å². The highest BCUT2D eigenvalue weighted by atomic mass is 19.4. The smallest absolute Gasteiger partial charge is 0.379 e. The summed E-state index contributed by atoms with van der Waals surface area (Å²) in [7, 11) is 1.42. The van der Waals surface area contributed by atoms with Gasteiger partial charge in [-0.3, -0.25) is 20.5 Å². The molecule has 2 aromatic carbocycles. The molecule has 1 saturated heterocycles. The summed E-state index contributed by atoms with van der Waals surface area (Å²) in [5, 5.41) is 15.9. The first-order chi connectivity index (χ1) is 18.3. The number of anilines is 1. The van der Waals surface area contributed by atoms with Crippen LogP contribution in [-0.4, -0.2) is 67.2 Å². The second-order valence-corrected chi connectivity index (χ2v) is 10.4. The first-order valence-electron chi connectivity index (χ1n) is 12.5. The first kappa shape index (κ1) is 27.2. The zero-order chi connectivity index (χ0) is 28.2. The van der Waals surface area contributed by atoms with Gasteiger partial charge in [-0.1, -0.05) is 12.1 Å². The van der Waals surface area contributed by atoms with Gasteiger partial charge in [-0.15, -0.1) is 0 Å². The number of amides is 1. The van der Waals surface area contributed by atoms with Crippen LogP contribution in [0.5, 0.6) is 0 Å². The molecular weight excluding hydrogens is 521 g/mol. The largest absolute Gasteiger partial charge is 0.416 e. The van der Waals surface area contributed by atoms with Gasteiger partial charge in [-0.2, -0.15) is 13.2 Å². The van der Waals surface area contributed by atoms with Gasteiger partial charge >= 0.3 is 6.18 Å². The normalized spacial score (nSPS) is 20.4. The number of carbonyl (C=O) groups is 1. The maximum atomic E-state index is 14.1. The number of nitrogens with one attached hydrogen (secondary N) is 2. The van der Waals surface area contributed by atoms with Gasteiger partial charge in [0.2, 0.25) is 0 Å². The number of morpholine rings is 1. The Labute approximate surface area is 222 Å². The van der Waals surface area contributed by atoms with Crippen LogP contribution in [0, 0.1) is 10.8 Å². The Kier molecular flexibility index (Phi) is 6.74. The van der Waals surface area contributed by atoms with Crippen LogP contribution in [0.3, 0.4) is 0 Å². The molecule has 0 atom stereocenters. The standard InChI is InChI=1S/C27H28F5N5O2/c1-35(16-33)24(34)25(14-26(28,29)15-25)18-3-2-4-19(11-18)37-13-21-20(23(37)38)9-17(10-22(21)27(30,31)32)12-36-5-7-39-8-6-36/h2-4,9-11,16,33-34H,5-8,12-15H2,1H3. The third-order valence-corrected chi connectivity index (χ3v) is 7.75. The van der Waals surface area contributed by atoms with Gasteiger partial charge in [0.15, 0.2) is 0 Å². The van der Waals surface area contributed by atoms with E-state index in [-0.39, 0.29) is 35.7 Å². The molecule has 7 nitrogen and oxygen atoms in total. The number of nitrogens with zero attached hydrogens (tertiary/aromatic N) is 3. The van der Waals surface area contributed by atoms with E-state index < -0.39 is 41.8 Å². The van der Waals surface area contributed by atoms with Gasteiger partial charge in [0, 0.05) is 50.8 Å². The van der Waals surface area contributed by atoms with E-state index in [0.29, 0.717) is 37.4 Å². The zero-order valence-electron chi connectivity index (χ0n) is 21.2. The minimum Gasteiger partial charge on any atom is -0.379 e. The monoisotopic (exact) mass is 549 g/mol. The van der Waals surface area contributed by atoms with Crippen LogP contribution < -0.4 is 4.90 Å². The van der Waals surface area contributed by atoms with Gasteiger partial charge < -0.3 is 14.5 Å². The Balaban J connectivity index is 1.49. The van der Waals surface area contributed by atoms with E-state index >= 15 is 0 Å². The summed E-state index contributed by atoms with van der Waals surface area (Å²) in [6, 6.07) is 8.76. The number of carbonyl (C=O) groups excluding carboxylic acids is 1. The molecular formula is C27H28F5N5O2. The Morgan fingerprint density at radius 1 is 1.15 bits per heavy atom. The molecule has 1 saturated carbocycles. The molecule has 208 valence electrons. The summed E-state index contributed by atoms with van der Waals surface area (Å²) in [6.07, 6.45) is -5.09. The lowest BCUT2D eigenvalue weighted by molar-refractivity contribution is -0.138. The van der Waals surface area contributed by atoms with Gasteiger partial charge in [-0.05, 0) is 41.0 Å². The minimum absolute atomic E-state index is 0.0281. The van der Waals surface area contributed by atoms with Crippen molar-refractivity contribution in [1.29, 1.82) is 10.8 Å². The molecule has 5 rings (SSSR count). The number of amidine groups is 1. The Morgan fingerprint density at radius 2 is 1.85 bits per heavy atom. The number of hydrogen-bond donors (Lipinski definition) is 2. The maximum Gasteiger partial charge on any atom is 0.416 e. The summed E-state index contributed by atoms with van der Waals surface area (Å²) >= 11 is 0. The molecule has 3 aliphatic rings. The SMILES string of the molecule is CN(C=N)C(=N)C1(c2cccc(N3Cc4c(cc(CN5CCOCC5)cc4C(F)(F)F)C3=O)c2)CC(F)(F)C1. The lowest BCUT2D eigenvalue weighted by Gasteiger charge is -2.49. The number of likely N-dealkylation sites (N-methyl/N-ethyl adjacent to an activating group) is 1. The van der Waals surface area contributed by atoms with Crippen molar-refractivity contribution < 1.29 is 31.5 Å². The van der Waals surface area contributed by atoms with Crippen LogP contribution in [0.4, 0.5) is 27.6 Å². The van der Waals surface area contributed by atoms with Gasteiger partial charge in [0.1, 0.15) is 5.84 Å². The van der Waals surface area contributed by atoms with E-state index in [0.717, 1.165) is 17.3 Å². The van der Waals surface area contributed by atoms with Crippen molar-refractivity contribution in [2.24, 2.45) is 0 Å². The van der Waals surface area contributed by atoms with E-state index in [4.69, 9.17) is 15.6 Å². The molecule has 2 aromatic rings. The summed E-state index contributed by atoms with van der Waals surface area (Å²) in [5.74, 6) is -3.79. The Bertz CT molecular complexity index is 1310. The van der Waals surface area contributed by atoms with E-state index in [9.17, 15) is 26.7 Å². The molecule has 0 spiro atoms. The van der Waals surface area contributed by atoms with Crippen LogP contribution in [0.25, 0.3) is 0 Å². The highest BCUT2D eigenvalue weighted by molar-refractivity contribution is 6.10. The predicted molar refractivity (Wildman–Crippen MR) is 135 cm³/mol. The van der Waals surface area contributed by atoms with Crippen molar-refractivity contribution in [3.8, 4) is 0 Å². The molecule has 39 heavy (non-hydrogen) atoms. The van der Waals surface area contributed by atoms with Gasteiger partial charge in [0.05, 0.1) is 37.1 Å². The fourth-order valence-corrected chi connectivity index (χ4v) is 5.75. The van der Waals surface area contributed by atoms with E-state index in [2.05, 4.69) is 0 Å². The van der Waals surface area contributed by atoms with Crippen LogP contribution in [0.2, 0.25) is 0 Å². The molecule has 12 heteroatoms. The summed E-state index contributed by atoms with van der Waals surface area (Å²) < 4.78 is 75.9. The third kappa shape index (κ3) is 4.91. The average Bonchev–Trinajstić information content (AvgIpc) is 3.22. The van der Waals surface area contributed by atoms with Crippen LogP contribution in [-0.2, 0) is 29.4 Å². The minimum atomic E-state index is -4.67. The molecule has 2 heterocycles. The van der Waals surface area contributed by atoms with Crippen molar-refractivity contribution >= 4 is 23.8 Å². The van der Waals surface area contributed by atoms with Crippen LogP contribution >= 0.6 is 0 Å². The summed E-state index contributed by atoms with van der Waals surface area (Å²) in [5.41, 5.74) is -1.41. The fourth-order valence-electron chi connectivity index (χ4n) is 5.75. The van der Waals surface area contributed by atoms with Crippen molar-refractivity contribution in [3.63, 3.8) is 0 Å². The molecule has 0 bridgehead atoms. The second-order valence-electron chi connectivity index (χ2n) is 10.4. The molecule has 1 amide bonds. The highest BCUT2D eigenvalue weighted by Crippen LogP contribution is 2.55. The molecule has 0 unspecified atom stereocenters. The lowest BCUT2D eigenvalue weighted by Crippen LogP contribution is -2.58. The maximum absolute atomic E-state index is 14.1. The zero-order valence-corrected chi connectivity index (χ0v) is 21.2. The van der Waals surface area contributed by atoms with E-state index in [1.165, 1.54) is 24.1 Å². The number of fused-ring (bicyclic) bond motifs is 1. The molecule has 2 fully saturated rings. The number of alkyl halides is 5. The average molecular weight is 550 g/mol. The van der Waals surface area contributed by atoms with Crippen molar-refractivity contribution in [3.05, 3.63) is 64.2 Å². The van der Waals surface area contributed by atoms with Crippen LogP contribution in [0.1, 0.15) is 45.5 Å². The summed E-state index contributed by atoms with van der Waals surface area (Å²) in [4.78, 5) is 17.8. The molecule has 2 N–H and O–H groups in total. The molecule has 2 aliphatic heterocycles. The number of hydrogen-bond acceptors (Lipinski definition) is 5. The number of benzene rings is 2. The number of ether oxygens (including phenoxy) is 1. The highest BCUT2D eigenvalue weighted by Gasteiger charge is 2.60. The fraction of sp³-hybridized carbons (Fsp3) is 0.444. The molecule has 1 aliphatic carbocycles. The van der Waals surface area contributed by atoms with E-state index in [1.54, 1.807) is 18.2 Å². The van der Waals surface area contributed by atoms with Gasteiger partial charge in [-0.25, -0.2) is 8.78 Å². The molecule has 0 aromatic heterocycles. The number of rotatable bonds is 6. The lowest BCUT2D eigenvalue weighted by atomic mass is 9.61. The second kappa shape index (κ2) is 9.67. The Hall–Kier alpha value is -3.38. The van der Waals surface area contributed by atoms with Crippen LogP contribution in [0.15, 0.2) is 36.4 Å². The quantitative estimate of drug-likeness (QED) is 0.306. The number of halogens is 5. The van der Waals surface area contributed by atoms with Crippen molar-refractivity contribution in [2.75, 3.05) is 38.3 Å². The first-order valence-corrected chi connectivity index (χ1v) is 12.5. The summed E-state index contributed by atoms with van der Waals surface area (Å²) in [6.45, 7) is 2.07.